The van der Waals surface area contributed by atoms with Crippen LogP contribution in [0, 0.1) is 5.82 Å². The van der Waals surface area contributed by atoms with Gasteiger partial charge in [-0.15, -0.1) is 0 Å². The van der Waals surface area contributed by atoms with Crippen molar-refractivity contribution in [2.24, 2.45) is 0 Å². The van der Waals surface area contributed by atoms with E-state index in [-0.39, 0.29) is 12.2 Å². The van der Waals surface area contributed by atoms with Crippen LogP contribution < -0.4 is 9.47 Å². The van der Waals surface area contributed by atoms with E-state index in [1.807, 2.05) is 19.1 Å². The molecule has 0 heterocycles. The fourth-order valence-corrected chi connectivity index (χ4v) is 2.18. The third kappa shape index (κ3) is 3.73. The van der Waals surface area contributed by atoms with E-state index < -0.39 is 11.9 Å². The number of methoxy groups -OCH3 is 1. The number of halogens is 1. The molecule has 0 aliphatic rings. The molecule has 0 bridgehead atoms. The fourth-order valence-electron chi connectivity index (χ4n) is 2.18. The molecule has 0 fully saturated rings. The summed E-state index contributed by atoms with van der Waals surface area (Å²) in [4.78, 5) is 0. The topological polar surface area (TPSA) is 38.7 Å². The molecule has 0 saturated carbocycles. The zero-order valence-corrected chi connectivity index (χ0v) is 12.2. The first kappa shape index (κ1) is 15.3. The lowest BCUT2D eigenvalue weighted by molar-refractivity contribution is 0.176. The summed E-state index contributed by atoms with van der Waals surface area (Å²) in [5.41, 5.74) is 1.12. The van der Waals surface area contributed by atoms with Crippen LogP contribution in [0.5, 0.6) is 11.5 Å². The number of benzene rings is 2. The normalized spacial score (nSPS) is 12.0. The first-order valence-electron chi connectivity index (χ1n) is 6.88. The summed E-state index contributed by atoms with van der Waals surface area (Å²) in [7, 11) is 1.42. The Kier molecular flexibility index (Phi) is 5.17. The maximum atomic E-state index is 14.1. The molecule has 2 aromatic rings. The van der Waals surface area contributed by atoms with Gasteiger partial charge in [-0.3, -0.25) is 0 Å². The van der Waals surface area contributed by atoms with Crippen LogP contribution in [0.3, 0.4) is 0 Å². The molecule has 0 spiro atoms. The standard InChI is InChI=1S/C17H19FO3/c1-3-21-14-8-4-6-12(10-14)15(19)11-13-7-5-9-16(20-2)17(13)18/h4-10,15,19H,3,11H2,1-2H3. The van der Waals surface area contributed by atoms with Crippen LogP contribution in [0.25, 0.3) is 0 Å². The monoisotopic (exact) mass is 290 g/mol. The third-order valence-electron chi connectivity index (χ3n) is 3.23. The van der Waals surface area contributed by atoms with E-state index in [9.17, 15) is 9.50 Å². The highest BCUT2D eigenvalue weighted by molar-refractivity contribution is 5.34. The summed E-state index contributed by atoms with van der Waals surface area (Å²) in [6.07, 6.45) is -0.620. The van der Waals surface area contributed by atoms with Crippen molar-refractivity contribution in [2.45, 2.75) is 19.4 Å². The molecule has 2 rings (SSSR count). The van der Waals surface area contributed by atoms with Crippen molar-refractivity contribution in [3.63, 3.8) is 0 Å². The number of aliphatic hydroxyl groups is 1. The van der Waals surface area contributed by atoms with Crippen molar-refractivity contribution in [2.75, 3.05) is 13.7 Å². The van der Waals surface area contributed by atoms with E-state index in [4.69, 9.17) is 9.47 Å². The quantitative estimate of drug-likeness (QED) is 0.885. The highest BCUT2D eigenvalue weighted by Gasteiger charge is 2.14. The highest BCUT2D eigenvalue weighted by atomic mass is 19.1. The van der Waals surface area contributed by atoms with Crippen molar-refractivity contribution in [3.8, 4) is 11.5 Å². The molecular formula is C17H19FO3. The van der Waals surface area contributed by atoms with Crippen LogP contribution in [-0.4, -0.2) is 18.8 Å². The molecule has 2 aromatic carbocycles. The number of hydrogen-bond donors (Lipinski definition) is 1. The second-order valence-electron chi connectivity index (χ2n) is 4.66. The minimum atomic E-state index is -0.799. The molecule has 21 heavy (non-hydrogen) atoms. The number of ether oxygens (including phenoxy) is 2. The van der Waals surface area contributed by atoms with Crippen molar-refractivity contribution >= 4 is 0 Å². The van der Waals surface area contributed by atoms with E-state index in [0.717, 1.165) is 0 Å². The summed E-state index contributed by atoms with van der Waals surface area (Å²) < 4.78 is 24.4. The van der Waals surface area contributed by atoms with E-state index >= 15 is 0 Å². The Morgan fingerprint density at radius 1 is 1.19 bits per heavy atom. The molecule has 0 aromatic heterocycles. The van der Waals surface area contributed by atoms with Crippen LogP contribution in [0.1, 0.15) is 24.2 Å². The average molecular weight is 290 g/mol. The van der Waals surface area contributed by atoms with E-state index in [0.29, 0.717) is 23.5 Å². The van der Waals surface area contributed by atoms with Gasteiger partial charge < -0.3 is 14.6 Å². The van der Waals surface area contributed by atoms with Gasteiger partial charge in [0.15, 0.2) is 11.6 Å². The second-order valence-corrected chi connectivity index (χ2v) is 4.66. The van der Waals surface area contributed by atoms with Gasteiger partial charge in [-0.05, 0) is 36.2 Å². The van der Waals surface area contributed by atoms with Crippen LogP contribution in [-0.2, 0) is 6.42 Å². The predicted octanol–water partition coefficient (Wildman–Crippen LogP) is 3.51. The van der Waals surface area contributed by atoms with Crippen LogP contribution in [0.4, 0.5) is 4.39 Å². The Balaban J connectivity index is 2.18. The summed E-state index contributed by atoms with van der Waals surface area (Å²) in [6, 6.07) is 12.1. The third-order valence-corrected chi connectivity index (χ3v) is 3.23. The number of rotatable bonds is 6. The molecule has 3 nitrogen and oxygen atoms in total. The Bertz CT molecular complexity index is 598. The fraction of sp³-hybridized carbons (Fsp3) is 0.294. The molecule has 112 valence electrons. The molecule has 0 saturated heterocycles. The van der Waals surface area contributed by atoms with Crippen molar-refractivity contribution in [1.29, 1.82) is 0 Å². The smallest absolute Gasteiger partial charge is 0.168 e. The number of aliphatic hydroxyl groups excluding tert-OH is 1. The molecule has 0 aliphatic carbocycles. The summed E-state index contributed by atoms with van der Waals surface area (Å²) in [6.45, 7) is 2.46. The van der Waals surface area contributed by atoms with Crippen LogP contribution in [0.2, 0.25) is 0 Å². The van der Waals surface area contributed by atoms with Gasteiger partial charge in [-0.1, -0.05) is 24.3 Å². The lowest BCUT2D eigenvalue weighted by Gasteiger charge is -2.14. The minimum absolute atomic E-state index is 0.179. The van der Waals surface area contributed by atoms with Gasteiger partial charge in [0.1, 0.15) is 5.75 Å². The first-order valence-corrected chi connectivity index (χ1v) is 6.88. The summed E-state index contributed by atoms with van der Waals surface area (Å²) >= 11 is 0. The van der Waals surface area contributed by atoms with E-state index in [1.165, 1.54) is 7.11 Å². The molecule has 1 unspecified atom stereocenters. The second kappa shape index (κ2) is 7.09. The molecule has 0 radical (unpaired) electrons. The highest BCUT2D eigenvalue weighted by Crippen LogP contribution is 2.26. The van der Waals surface area contributed by atoms with E-state index in [1.54, 1.807) is 30.3 Å². The average Bonchev–Trinajstić information content (AvgIpc) is 2.50. The van der Waals surface area contributed by atoms with Gasteiger partial charge in [0.05, 0.1) is 19.8 Å². The molecule has 0 amide bonds. The maximum absolute atomic E-state index is 14.1. The van der Waals surface area contributed by atoms with Gasteiger partial charge in [-0.25, -0.2) is 4.39 Å². The zero-order chi connectivity index (χ0) is 15.2. The summed E-state index contributed by atoms with van der Waals surface area (Å²) in [5, 5.41) is 10.3. The molecular weight excluding hydrogens is 271 g/mol. The first-order chi connectivity index (χ1) is 10.2. The van der Waals surface area contributed by atoms with Gasteiger partial charge in [0.2, 0.25) is 0 Å². The van der Waals surface area contributed by atoms with Gasteiger partial charge in [-0.2, -0.15) is 0 Å². The van der Waals surface area contributed by atoms with Crippen molar-refractivity contribution < 1.29 is 19.0 Å². The van der Waals surface area contributed by atoms with Crippen LogP contribution >= 0.6 is 0 Å². The predicted molar refractivity (Wildman–Crippen MR) is 79.2 cm³/mol. The lowest BCUT2D eigenvalue weighted by atomic mass is 10.0. The van der Waals surface area contributed by atoms with Gasteiger partial charge >= 0.3 is 0 Å². The minimum Gasteiger partial charge on any atom is -0.494 e. The molecule has 1 atom stereocenters. The molecule has 4 heteroatoms. The SMILES string of the molecule is CCOc1cccc(C(O)Cc2cccc(OC)c2F)c1. The largest absolute Gasteiger partial charge is 0.494 e. The van der Waals surface area contributed by atoms with E-state index in [2.05, 4.69) is 0 Å². The van der Waals surface area contributed by atoms with Gasteiger partial charge in [0.25, 0.3) is 0 Å². The lowest BCUT2D eigenvalue weighted by Crippen LogP contribution is -2.05. The molecule has 0 aliphatic heterocycles. The Labute approximate surface area is 124 Å². The molecule has 1 N–H and O–H groups in total. The van der Waals surface area contributed by atoms with Crippen LogP contribution in [0.15, 0.2) is 42.5 Å². The number of hydrogen-bond acceptors (Lipinski definition) is 3. The Morgan fingerprint density at radius 2 is 1.95 bits per heavy atom. The summed E-state index contributed by atoms with van der Waals surface area (Å²) in [5.74, 6) is 0.447. The van der Waals surface area contributed by atoms with Crippen molar-refractivity contribution in [1.82, 2.24) is 0 Å². The maximum Gasteiger partial charge on any atom is 0.168 e. The Hall–Kier alpha value is -2.07. The Morgan fingerprint density at radius 3 is 2.67 bits per heavy atom. The van der Waals surface area contributed by atoms with Crippen molar-refractivity contribution in [3.05, 3.63) is 59.4 Å². The van der Waals surface area contributed by atoms with Gasteiger partial charge in [0, 0.05) is 6.42 Å². The zero-order valence-electron chi connectivity index (χ0n) is 12.2.